The van der Waals surface area contributed by atoms with Gasteiger partial charge in [-0.1, -0.05) is 54.1 Å². The number of nitrogens with one attached hydrogen (secondary N) is 1. The molecule has 1 amide bonds. The first-order chi connectivity index (χ1) is 11.6. The van der Waals surface area contributed by atoms with Crippen molar-refractivity contribution < 1.29 is 4.79 Å². The Morgan fingerprint density at radius 2 is 1.79 bits per heavy atom. The van der Waals surface area contributed by atoms with Gasteiger partial charge in [0.2, 0.25) is 5.91 Å². The number of imidazole rings is 1. The first-order valence-electron chi connectivity index (χ1n) is 7.76. The molecule has 24 heavy (non-hydrogen) atoms. The fourth-order valence-electron chi connectivity index (χ4n) is 2.62. The molecule has 0 saturated heterocycles. The minimum atomic E-state index is -0.0357. The van der Waals surface area contributed by atoms with Crippen molar-refractivity contribution in [3.63, 3.8) is 0 Å². The lowest BCUT2D eigenvalue weighted by Gasteiger charge is -2.11. The minimum Gasteiger partial charge on any atom is -0.355 e. The van der Waals surface area contributed by atoms with E-state index in [2.05, 4.69) is 14.9 Å². The predicted molar refractivity (Wildman–Crippen MR) is 96.8 cm³/mol. The Kier molecular flexibility index (Phi) is 4.96. The molecule has 4 nitrogen and oxygen atoms in total. The molecule has 3 aromatic rings. The van der Waals surface area contributed by atoms with Gasteiger partial charge >= 0.3 is 0 Å². The number of benzene rings is 2. The van der Waals surface area contributed by atoms with Crippen molar-refractivity contribution in [3.8, 4) is 22.5 Å². The highest BCUT2D eigenvalue weighted by atomic mass is 35.5. The largest absolute Gasteiger partial charge is 0.355 e. The third-order valence-electron chi connectivity index (χ3n) is 3.73. The van der Waals surface area contributed by atoms with E-state index in [0.717, 1.165) is 22.5 Å². The number of carbonyl (C=O) groups excluding carboxylic acids is 1. The van der Waals surface area contributed by atoms with Crippen molar-refractivity contribution in [2.24, 2.45) is 0 Å². The Bertz CT molecular complexity index is 826. The van der Waals surface area contributed by atoms with E-state index in [9.17, 15) is 4.79 Å². The quantitative estimate of drug-likeness (QED) is 0.763. The van der Waals surface area contributed by atoms with Gasteiger partial charge < -0.3 is 9.88 Å². The van der Waals surface area contributed by atoms with Crippen LogP contribution in [0.15, 0.2) is 60.9 Å². The maximum absolute atomic E-state index is 11.1. The van der Waals surface area contributed by atoms with Crippen molar-refractivity contribution in [3.05, 3.63) is 65.9 Å². The number of aromatic nitrogens is 2. The lowest BCUT2D eigenvalue weighted by Crippen LogP contribution is -2.24. The standard InChI is InChI=1S/C19H18ClN3O/c1-14(24)21-11-12-23-13-22-18(15-5-3-2-4-6-15)19(23)16-7-9-17(20)10-8-16/h2-10,13H,11-12H2,1H3,(H,21,24). The highest BCUT2D eigenvalue weighted by Gasteiger charge is 2.14. The molecule has 3 rings (SSSR count). The van der Waals surface area contributed by atoms with Crippen LogP contribution in [0.5, 0.6) is 0 Å². The molecule has 0 unspecified atom stereocenters. The second-order valence-corrected chi connectivity index (χ2v) is 5.93. The van der Waals surface area contributed by atoms with Crippen LogP contribution in [0.1, 0.15) is 6.92 Å². The van der Waals surface area contributed by atoms with Crippen LogP contribution >= 0.6 is 11.6 Å². The molecular weight excluding hydrogens is 322 g/mol. The van der Waals surface area contributed by atoms with E-state index < -0.39 is 0 Å². The van der Waals surface area contributed by atoms with Crippen molar-refractivity contribution in [2.75, 3.05) is 6.54 Å². The molecule has 2 aromatic carbocycles. The summed E-state index contributed by atoms with van der Waals surface area (Å²) in [4.78, 5) is 15.7. The van der Waals surface area contributed by atoms with E-state index in [4.69, 9.17) is 11.6 Å². The molecule has 0 atom stereocenters. The van der Waals surface area contributed by atoms with Crippen LogP contribution in [-0.2, 0) is 11.3 Å². The summed E-state index contributed by atoms with van der Waals surface area (Å²) in [5.74, 6) is -0.0357. The molecule has 122 valence electrons. The molecular formula is C19H18ClN3O. The molecule has 0 fully saturated rings. The van der Waals surface area contributed by atoms with Gasteiger partial charge in [-0.2, -0.15) is 0 Å². The first kappa shape index (κ1) is 16.3. The molecule has 0 bridgehead atoms. The average molecular weight is 340 g/mol. The summed E-state index contributed by atoms with van der Waals surface area (Å²) in [5.41, 5.74) is 4.03. The van der Waals surface area contributed by atoms with Crippen molar-refractivity contribution in [2.45, 2.75) is 13.5 Å². The van der Waals surface area contributed by atoms with Gasteiger partial charge in [0.15, 0.2) is 0 Å². The van der Waals surface area contributed by atoms with E-state index >= 15 is 0 Å². The Labute approximate surface area is 146 Å². The first-order valence-corrected chi connectivity index (χ1v) is 8.14. The molecule has 1 heterocycles. The molecule has 5 heteroatoms. The summed E-state index contributed by atoms with van der Waals surface area (Å²) in [7, 11) is 0. The Hall–Kier alpha value is -2.59. The van der Waals surface area contributed by atoms with Crippen LogP contribution in [0.2, 0.25) is 5.02 Å². The van der Waals surface area contributed by atoms with Gasteiger partial charge in [0, 0.05) is 36.2 Å². The maximum Gasteiger partial charge on any atom is 0.216 e. The highest BCUT2D eigenvalue weighted by Crippen LogP contribution is 2.31. The smallest absolute Gasteiger partial charge is 0.216 e. The summed E-state index contributed by atoms with van der Waals surface area (Å²) in [6.45, 7) is 2.72. The molecule has 0 aliphatic rings. The SMILES string of the molecule is CC(=O)NCCn1cnc(-c2ccccc2)c1-c1ccc(Cl)cc1. The molecule has 0 saturated carbocycles. The van der Waals surface area contributed by atoms with Crippen LogP contribution in [0.4, 0.5) is 0 Å². The van der Waals surface area contributed by atoms with Gasteiger partial charge in [0.25, 0.3) is 0 Å². The van der Waals surface area contributed by atoms with Crippen LogP contribution in [0.3, 0.4) is 0 Å². The van der Waals surface area contributed by atoms with E-state index in [1.165, 1.54) is 6.92 Å². The average Bonchev–Trinajstić information content (AvgIpc) is 3.00. The summed E-state index contributed by atoms with van der Waals surface area (Å²) in [6, 6.07) is 17.8. The van der Waals surface area contributed by atoms with E-state index in [0.29, 0.717) is 18.1 Å². The molecule has 1 aromatic heterocycles. The monoisotopic (exact) mass is 339 g/mol. The fraction of sp³-hybridized carbons (Fsp3) is 0.158. The Morgan fingerprint density at radius 3 is 2.46 bits per heavy atom. The maximum atomic E-state index is 11.1. The predicted octanol–water partition coefficient (Wildman–Crippen LogP) is 4.01. The number of nitrogens with zero attached hydrogens (tertiary/aromatic N) is 2. The van der Waals surface area contributed by atoms with E-state index in [1.807, 2.05) is 60.9 Å². The van der Waals surface area contributed by atoms with Crippen LogP contribution in [0, 0.1) is 0 Å². The van der Waals surface area contributed by atoms with Gasteiger partial charge in [0.1, 0.15) is 0 Å². The molecule has 0 radical (unpaired) electrons. The molecule has 0 aliphatic heterocycles. The van der Waals surface area contributed by atoms with Crippen LogP contribution in [-0.4, -0.2) is 22.0 Å². The number of rotatable bonds is 5. The number of carbonyl (C=O) groups is 1. The Balaban J connectivity index is 2.02. The van der Waals surface area contributed by atoms with Crippen molar-refractivity contribution in [1.82, 2.24) is 14.9 Å². The number of halogens is 1. The summed E-state index contributed by atoms with van der Waals surface area (Å²) in [6.07, 6.45) is 1.81. The molecule has 1 N–H and O–H groups in total. The lowest BCUT2D eigenvalue weighted by atomic mass is 10.0. The van der Waals surface area contributed by atoms with Crippen LogP contribution < -0.4 is 5.32 Å². The van der Waals surface area contributed by atoms with Gasteiger partial charge in [-0.05, 0) is 12.1 Å². The second-order valence-electron chi connectivity index (χ2n) is 5.49. The number of amides is 1. The minimum absolute atomic E-state index is 0.0357. The summed E-state index contributed by atoms with van der Waals surface area (Å²) in [5, 5.41) is 3.52. The zero-order valence-corrected chi connectivity index (χ0v) is 14.1. The highest BCUT2D eigenvalue weighted by molar-refractivity contribution is 6.30. The van der Waals surface area contributed by atoms with Crippen molar-refractivity contribution in [1.29, 1.82) is 0 Å². The van der Waals surface area contributed by atoms with Gasteiger partial charge in [-0.25, -0.2) is 4.98 Å². The summed E-state index contributed by atoms with van der Waals surface area (Å²) >= 11 is 6.02. The Morgan fingerprint density at radius 1 is 1.08 bits per heavy atom. The second kappa shape index (κ2) is 7.32. The third kappa shape index (κ3) is 3.66. The van der Waals surface area contributed by atoms with Gasteiger partial charge in [-0.3, -0.25) is 4.79 Å². The zero-order chi connectivity index (χ0) is 16.9. The normalized spacial score (nSPS) is 10.6. The third-order valence-corrected chi connectivity index (χ3v) is 3.98. The molecule has 0 aliphatic carbocycles. The summed E-state index contributed by atoms with van der Waals surface area (Å²) < 4.78 is 2.06. The van der Waals surface area contributed by atoms with Gasteiger partial charge in [0.05, 0.1) is 17.7 Å². The van der Waals surface area contributed by atoms with Crippen LogP contribution in [0.25, 0.3) is 22.5 Å². The van der Waals surface area contributed by atoms with E-state index in [1.54, 1.807) is 0 Å². The van der Waals surface area contributed by atoms with E-state index in [-0.39, 0.29) is 5.91 Å². The lowest BCUT2D eigenvalue weighted by molar-refractivity contribution is -0.118. The number of hydrogen-bond acceptors (Lipinski definition) is 2. The zero-order valence-electron chi connectivity index (χ0n) is 13.4. The van der Waals surface area contributed by atoms with Gasteiger partial charge in [-0.15, -0.1) is 0 Å². The van der Waals surface area contributed by atoms with Crippen molar-refractivity contribution >= 4 is 17.5 Å². The molecule has 0 spiro atoms. The number of hydrogen-bond donors (Lipinski definition) is 1. The fourth-order valence-corrected chi connectivity index (χ4v) is 2.75. The topological polar surface area (TPSA) is 46.9 Å².